The van der Waals surface area contributed by atoms with Crippen LogP contribution in [-0.2, 0) is 17.8 Å². The van der Waals surface area contributed by atoms with Crippen molar-refractivity contribution in [3.8, 4) is 0 Å². The summed E-state index contributed by atoms with van der Waals surface area (Å²) in [7, 11) is 0. The SMILES string of the molecule is CCc1ccc(NC(=O)[C@H](C)Sc2nc3ccccc3c(=O)n2CCC(C)C)cc1. The Labute approximate surface area is 181 Å². The van der Waals surface area contributed by atoms with Crippen LogP contribution in [0.25, 0.3) is 10.9 Å². The van der Waals surface area contributed by atoms with E-state index in [-0.39, 0.29) is 11.5 Å². The maximum absolute atomic E-state index is 13.1. The Balaban J connectivity index is 1.84. The number of benzene rings is 2. The van der Waals surface area contributed by atoms with Gasteiger partial charge in [-0.15, -0.1) is 0 Å². The second kappa shape index (κ2) is 9.94. The van der Waals surface area contributed by atoms with Crippen LogP contribution in [-0.4, -0.2) is 20.7 Å². The molecule has 5 nitrogen and oxygen atoms in total. The third-order valence-corrected chi connectivity index (χ3v) is 6.13. The van der Waals surface area contributed by atoms with Crippen LogP contribution in [0.2, 0.25) is 0 Å². The minimum absolute atomic E-state index is 0.0495. The van der Waals surface area contributed by atoms with Gasteiger partial charge in [0.1, 0.15) is 0 Å². The highest BCUT2D eigenvalue weighted by Crippen LogP contribution is 2.24. The molecule has 2 aromatic carbocycles. The number of aromatic nitrogens is 2. The van der Waals surface area contributed by atoms with Crippen molar-refractivity contribution in [3.05, 3.63) is 64.4 Å². The van der Waals surface area contributed by atoms with Crippen molar-refractivity contribution >= 4 is 34.3 Å². The lowest BCUT2D eigenvalue weighted by Gasteiger charge is -2.17. The smallest absolute Gasteiger partial charge is 0.262 e. The first-order valence-corrected chi connectivity index (χ1v) is 11.3. The zero-order valence-corrected chi connectivity index (χ0v) is 18.8. The highest BCUT2D eigenvalue weighted by Gasteiger charge is 2.19. The lowest BCUT2D eigenvalue weighted by molar-refractivity contribution is -0.115. The molecule has 0 fully saturated rings. The summed E-state index contributed by atoms with van der Waals surface area (Å²) in [5, 5.41) is 3.76. The lowest BCUT2D eigenvalue weighted by atomic mass is 10.1. The van der Waals surface area contributed by atoms with E-state index in [2.05, 4.69) is 26.1 Å². The number of fused-ring (bicyclic) bond motifs is 1. The van der Waals surface area contributed by atoms with Gasteiger partial charge in [0.05, 0.1) is 16.2 Å². The van der Waals surface area contributed by atoms with Gasteiger partial charge in [-0.2, -0.15) is 0 Å². The molecule has 0 aliphatic rings. The maximum atomic E-state index is 13.1. The van der Waals surface area contributed by atoms with Crippen LogP contribution in [0, 0.1) is 5.92 Å². The molecular weight excluding hydrogens is 394 g/mol. The average Bonchev–Trinajstić information content (AvgIpc) is 2.73. The van der Waals surface area contributed by atoms with Crippen LogP contribution < -0.4 is 10.9 Å². The van der Waals surface area contributed by atoms with E-state index in [1.807, 2.05) is 49.4 Å². The van der Waals surface area contributed by atoms with E-state index in [1.165, 1.54) is 17.3 Å². The Morgan fingerprint density at radius 3 is 2.47 bits per heavy atom. The fourth-order valence-electron chi connectivity index (χ4n) is 3.10. The minimum atomic E-state index is -0.394. The molecule has 0 spiro atoms. The first-order chi connectivity index (χ1) is 14.4. The molecule has 1 atom stereocenters. The number of carbonyl (C=O) groups is 1. The van der Waals surface area contributed by atoms with Gasteiger partial charge in [-0.3, -0.25) is 14.2 Å². The monoisotopic (exact) mass is 423 g/mol. The zero-order chi connectivity index (χ0) is 21.7. The average molecular weight is 424 g/mol. The van der Waals surface area contributed by atoms with E-state index in [9.17, 15) is 9.59 Å². The highest BCUT2D eigenvalue weighted by atomic mass is 32.2. The third kappa shape index (κ3) is 5.30. The normalized spacial score (nSPS) is 12.3. The van der Waals surface area contributed by atoms with Crippen molar-refractivity contribution < 1.29 is 4.79 Å². The minimum Gasteiger partial charge on any atom is -0.325 e. The Kier molecular flexibility index (Phi) is 7.32. The number of hydrogen-bond acceptors (Lipinski definition) is 4. The van der Waals surface area contributed by atoms with Crippen LogP contribution in [0.1, 0.15) is 39.7 Å². The summed E-state index contributed by atoms with van der Waals surface area (Å²) in [6, 6.07) is 15.2. The number of thioether (sulfide) groups is 1. The standard InChI is InChI=1S/C24H29N3O2S/c1-5-18-10-12-19(13-11-18)25-22(28)17(4)30-24-26-21-9-7-6-8-20(21)23(29)27(24)15-14-16(2)3/h6-13,16-17H,5,14-15H2,1-4H3,(H,25,28)/t17-/m0/s1. The number of nitrogens with zero attached hydrogens (tertiary/aromatic N) is 2. The fraction of sp³-hybridized carbons (Fsp3) is 0.375. The summed E-state index contributed by atoms with van der Waals surface area (Å²) in [6.45, 7) is 8.79. The molecule has 0 aliphatic heterocycles. The van der Waals surface area contributed by atoms with Crippen molar-refractivity contribution in [3.63, 3.8) is 0 Å². The van der Waals surface area contributed by atoms with Crippen LogP contribution in [0.5, 0.6) is 0 Å². The molecular formula is C24H29N3O2S. The molecule has 1 N–H and O–H groups in total. The maximum Gasteiger partial charge on any atom is 0.262 e. The number of rotatable bonds is 8. The zero-order valence-electron chi connectivity index (χ0n) is 18.0. The number of carbonyl (C=O) groups excluding carboxylic acids is 1. The van der Waals surface area contributed by atoms with Crippen LogP contribution in [0.15, 0.2) is 58.5 Å². The van der Waals surface area contributed by atoms with Gasteiger partial charge >= 0.3 is 0 Å². The van der Waals surface area contributed by atoms with Crippen LogP contribution >= 0.6 is 11.8 Å². The molecule has 158 valence electrons. The van der Waals surface area contributed by atoms with Gasteiger partial charge in [0, 0.05) is 12.2 Å². The van der Waals surface area contributed by atoms with Crippen molar-refractivity contribution in [2.75, 3.05) is 5.32 Å². The van der Waals surface area contributed by atoms with Gasteiger partial charge < -0.3 is 5.32 Å². The van der Waals surface area contributed by atoms with Crippen molar-refractivity contribution in [1.29, 1.82) is 0 Å². The summed E-state index contributed by atoms with van der Waals surface area (Å²) < 4.78 is 1.72. The summed E-state index contributed by atoms with van der Waals surface area (Å²) in [5.74, 6) is 0.357. The molecule has 0 radical (unpaired) electrons. The number of aryl methyl sites for hydroxylation is 1. The van der Waals surface area contributed by atoms with Crippen molar-refractivity contribution in [2.45, 2.75) is 57.5 Å². The number of anilines is 1. The highest BCUT2D eigenvalue weighted by molar-refractivity contribution is 8.00. The molecule has 0 bridgehead atoms. The predicted molar refractivity (Wildman–Crippen MR) is 125 cm³/mol. The summed E-state index contributed by atoms with van der Waals surface area (Å²) in [4.78, 5) is 30.5. The van der Waals surface area contributed by atoms with Crippen LogP contribution in [0.3, 0.4) is 0 Å². The summed E-state index contributed by atoms with van der Waals surface area (Å²) in [6.07, 6.45) is 1.83. The fourth-order valence-corrected chi connectivity index (χ4v) is 4.04. The quantitative estimate of drug-likeness (QED) is 0.403. The van der Waals surface area contributed by atoms with Crippen LogP contribution in [0.4, 0.5) is 5.69 Å². The van der Waals surface area contributed by atoms with E-state index in [1.54, 1.807) is 10.6 Å². The Morgan fingerprint density at radius 1 is 1.10 bits per heavy atom. The number of para-hydroxylation sites is 1. The van der Waals surface area contributed by atoms with E-state index in [4.69, 9.17) is 4.98 Å². The van der Waals surface area contributed by atoms with Gasteiger partial charge in [-0.25, -0.2) is 4.98 Å². The van der Waals surface area contributed by atoms with E-state index >= 15 is 0 Å². The third-order valence-electron chi connectivity index (χ3n) is 5.04. The molecule has 0 saturated heterocycles. The van der Waals surface area contributed by atoms with E-state index in [0.717, 1.165) is 18.5 Å². The molecule has 1 heterocycles. The number of hydrogen-bond donors (Lipinski definition) is 1. The summed E-state index contributed by atoms with van der Waals surface area (Å²) >= 11 is 1.33. The summed E-state index contributed by atoms with van der Waals surface area (Å²) in [5.41, 5.74) is 2.61. The Hall–Kier alpha value is -2.60. The largest absolute Gasteiger partial charge is 0.325 e. The van der Waals surface area contributed by atoms with Crippen molar-refractivity contribution in [2.24, 2.45) is 5.92 Å². The first kappa shape index (κ1) is 22.1. The molecule has 0 unspecified atom stereocenters. The van der Waals surface area contributed by atoms with E-state index < -0.39 is 5.25 Å². The molecule has 1 aromatic heterocycles. The van der Waals surface area contributed by atoms with Gasteiger partial charge in [-0.1, -0.05) is 56.8 Å². The Bertz CT molecular complexity index is 1070. The second-order valence-electron chi connectivity index (χ2n) is 7.85. The number of nitrogens with one attached hydrogen (secondary N) is 1. The molecule has 30 heavy (non-hydrogen) atoms. The second-order valence-corrected chi connectivity index (χ2v) is 9.16. The Morgan fingerprint density at radius 2 is 1.80 bits per heavy atom. The van der Waals surface area contributed by atoms with Gasteiger partial charge in [0.25, 0.3) is 5.56 Å². The van der Waals surface area contributed by atoms with Gasteiger partial charge in [0.15, 0.2) is 5.16 Å². The molecule has 0 aliphatic carbocycles. The predicted octanol–water partition coefficient (Wildman–Crippen LogP) is 5.12. The molecule has 3 rings (SSSR count). The first-order valence-electron chi connectivity index (χ1n) is 10.4. The molecule has 6 heteroatoms. The van der Waals surface area contributed by atoms with Crippen molar-refractivity contribution in [1.82, 2.24) is 9.55 Å². The lowest BCUT2D eigenvalue weighted by Crippen LogP contribution is -2.27. The van der Waals surface area contributed by atoms with Gasteiger partial charge in [0.2, 0.25) is 5.91 Å². The van der Waals surface area contributed by atoms with E-state index in [0.29, 0.717) is 28.5 Å². The molecule has 0 saturated carbocycles. The number of amides is 1. The van der Waals surface area contributed by atoms with Gasteiger partial charge in [-0.05, 0) is 55.5 Å². The molecule has 3 aromatic rings. The topological polar surface area (TPSA) is 64.0 Å². The molecule has 1 amide bonds.